The standard InChI is InChI=1S/C24H26N2O3S2/c1-16-6-11-22(17(2)15-16)31-19-9-7-18(8-10-19)25-23(27)20(12-14-30-3)26-24(28)21-5-4-13-29-21/h4-11,13,15,20H,12,14H2,1-3H3,(H,25,27)(H,26,28). The Kier molecular flexibility index (Phi) is 8.26. The lowest BCUT2D eigenvalue weighted by atomic mass is 10.2. The molecule has 2 N–H and O–H groups in total. The van der Waals surface area contributed by atoms with Gasteiger partial charge in [-0.3, -0.25) is 9.59 Å². The van der Waals surface area contributed by atoms with Gasteiger partial charge in [-0.25, -0.2) is 0 Å². The molecule has 7 heteroatoms. The maximum Gasteiger partial charge on any atom is 0.287 e. The van der Waals surface area contributed by atoms with Gasteiger partial charge in [-0.1, -0.05) is 29.5 Å². The Morgan fingerprint density at radius 2 is 1.84 bits per heavy atom. The Morgan fingerprint density at radius 1 is 1.06 bits per heavy atom. The van der Waals surface area contributed by atoms with E-state index in [-0.39, 0.29) is 11.7 Å². The molecule has 0 bridgehead atoms. The number of carbonyl (C=O) groups is 2. The Bertz CT molecular complexity index is 1020. The summed E-state index contributed by atoms with van der Waals surface area (Å²) in [5.41, 5.74) is 3.18. The van der Waals surface area contributed by atoms with Gasteiger partial charge in [-0.15, -0.1) is 0 Å². The summed E-state index contributed by atoms with van der Waals surface area (Å²) >= 11 is 3.32. The van der Waals surface area contributed by atoms with E-state index in [1.165, 1.54) is 22.3 Å². The summed E-state index contributed by atoms with van der Waals surface area (Å²) in [7, 11) is 0. The molecule has 0 saturated heterocycles. The van der Waals surface area contributed by atoms with Gasteiger partial charge in [0.25, 0.3) is 5.91 Å². The lowest BCUT2D eigenvalue weighted by molar-refractivity contribution is -0.118. The van der Waals surface area contributed by atoms with Gasteiger partial charge in [-0.2, -0.15) is 11.8 Å². The molecule has 1 atom stereocenters. The highest BCUT2D eigenvalue weighted by Crippen LogP contribution is 2.31. The lowest BCUT2D eigenvalue weighted by Gasteiger charge is -2.17. The van der Waals surface area contributed by atoms with Crippen molar-refractivity contribution in [2.45, 2.75) is 36.1 Å². The van der Waals surface area contributed by atoms with Crippen molar-refractivity contribution in [1.82, 2.24) is 5.32 Å². The zero-order valence-electron chi connectivity index (χ0n) is 17.8. The Balaban J connectivity index is 1.63. The quantitative estimate of drug-likeness (QED) is 0.444. The second-order valence-electron chi connectivity index (χ2n) is 7.17. The highest BCUT2D eigenvalue weighted by Gasteiger charge is 2.22. The van der Waals surface area contributed by atoms with Crippen molar-refractivity contribution in [2.75, 3.05) is 17.3 Å². The van der Waals surface area contributed by atoms with Gasteiger partial charge in [0.05, 0.1) is 6.26 Å². The average molecular weight is 455 g/mol. The Labute approximate surface area is 191 Å². The molecule has 1 aromatic heterocycles. The molecule has 0 aliphatic carbocycles. The van der Waals surface area contributed by atoms with Crippen LogP contribution < -0.4 is 10.6 Å². The summed E-state index contributed by atoms with van der Waals surface area (Å²) in [4.78, 5) is 27.4. The van der Waals surface area contributed by atoms with Gasteiger partial charge in [-0.05, 0) is 80.3 Å². The van der Waals surface area contributed by atoms with Gasteiger partial charge in [0.15, 0.2) is 5.76 Å². The number of furan rings is 1. The van der Waals surface area contributed by atoms with Crippen molar-refractivity contribution in [3.8, 4) is 0 Å². The molecule has 0 radical (unpaired) electrons. The minimum atomic E-state index is -0.644. The topological polar surface area (TPSA) is 71.3 Å². The van der Waals surface area contributed by atoms with Crippen LogP contribution in [0.25, 0.3) is 0 Å². The molecule has 0 fully saturated rings. The first-order valence-electron chi connectivity index (χ1n) is 9.95. The molecule has 1 heterocycles. The number of anilines is 1. The number of hydrogen-bond donors (Lipinski definition) is 2. The molecular formula is C24H26N2O3S2. The first kappa shape index (κ1) is 23.0. The van der Waals surface area contributed by atoms with Gasteiger partial charge in [0.2, 0.25) is 5.91 Å². The van der Waals surface area contributed by atoms with E-state index in [9.17, 15) is 9.59 Å². The largest absolute Gasteiger partial charge is 0.459 e. The normalized spacial score (nSPS) is 11.7. The molecule has 2 amide bonds. The molecule has 0 aliphatic heterocycles. The monoisotopic (exact) mass is 454 g/mol. The summed E-state index contributed by atoms with van der Waals surface area (Å²) in [5.74, 6) is 0.298. The lowest BCUT2D eigenvalue weighted by Crippen LogP contribution is -2.44. The number of carbonyl (C=O) groups excluding carboxylic acids is 2. The average Bonchev–Trinajstić information content (AvgIpc) is 3.29. The van der Waals surface area contributed by atoms with Gasteiger partial charge in [0, 0.05) is 15.5 Å². The molecule has 162 valence electrons. The number of benzene rings is 2. The van der Waals surface area contributed by atoms with E-state index in [0.29, 0.717) is 12.1 Å². The molecule has 31 heavy (non-hydrogen) atoms. The van der Waals surface area contributed by atoms with Crippen LogP contribution in [0.3, 0.4) is 0 Å². The zero-order valence-corrected chi connectivity index (χ0v) is 19.4. The summed E-state index contributed by atoms with van der Waals surface area (Å²) < 4.78 is 5.12. The summed E-state index contributed by atoms with van der Waals surface area (Å²) in [5, 5.41) is 5.68. The van der Waals surface area contributed by atoms with Crippen molar-refractivity contribution in [3.05, 3.63) is 77.7 Å². The zero-order chi connectivity index (χ0) is 22.2. The number of nitrogens with one attached hydrogen (secondary N) is 2. The van der Waals surface area contributed by atoms with E-state index in [0.717, 1.165) is 10.6 Å². The van der Waals surface area contributed by atoms with Crippen LogP contribution in [0.4, 0.5) is 5.69 Å². The van der Waals surface area contributed by atoms with E-state index in [1.54, 1.807) is 35.7 Å². The van der Waals surface area contributed by atoms with Gasteiger partial charge in [0.1, 0.15) is 6.04 Å². The molecule has 0 aliphatic rings. The highest BCUT2D eigenvalue weighted by molar-refractivity contribution is 7.99. The van der Waals surface area contributed by atoms with Gasteiger partial charge < -0.3 is 15.1 Å². The van der Waals surface area contributed by atoms with Crippen LogP contribution in [0, 0.1) is 13.8 Å². The van der Waals surface area contributed by atoms with E-state index in [4.69, 9.17) is 4.42 Å². The predicted molar refractivity (Wildman–Crippen MR) is 128 cm³/mol. The van der Waals surface area contributed by atoms with Gasteiger partial charge >= 0.3 is 0 Å². The SMILES string of the molecule is CSCCC(NC(=O)c1ccco1)C(=O)Nc1ccc(Sc2ccc(C)cc2C)cc1. The number of amides is 2. The van der Waals surface area contributed by atoms with Crippen LogP contribution in [0.15, 0.2) is 75.1 Å². The number of thioether (sulfide) groups is 1. The van der Waals surface area contributed by atoms with Crippen LogP contribution in [-0.4, -0.2) is 29.9 Å². The smallest absolute Gasteiger partial charge is 0.287 e. The van der Waals surface area contributed by atoms with Crippen LogP contribution in [0.1, 0.15) is 28.1 Å². The fraction of sp³-hybridized carbons (Fsp3) is 0.250. The minimum absolute atomic E-state index is 0.190. The first-order chi connectivity index (χ1) is 15.0. The number of rotatable bonds is 9. The van der Waals surface area contributed by atoms with Crippen LogP contribution in [-0.2, 0) is 4.79 Å². The third kappa shape index (κ3) is 6.67. The third-order valence-electron chi connectivity index (χ3n) is 4.66. The van der Waals surface area contributed by atoms with E-state index >= 15 is 0 Å². The summed E-state index contributed by atoms with van der Waals surface area (Å²) in [6, 6.07) is 16.7. The second-order valence-corrected chi connectivity index (χ2v) is 9.27. The minimum Gasteiger partial charge on any atom is -0.459 e. The summed E-state index contributed by atoms with van der Waals surface area (Å²) in [6.07, 6.45) is 3.93. The molecule has 3 aromatic rings. The van der Waals surface area contributed by atoms with Crippen LogP contribution in [0.2, 0.25) is 0 Å². The molecule has 0 spiro atoms. The summed E-state index contributed by atoms with van der Waals surface area (Å²) in [6.45, 7) is 4.19. The van der Waals surface area contributed by atoms with Crippen molar-refractivity contribution in [2.24, 2.45) is 0 Å². The number of aryl methyl sites for hydroxylation is 2. The van der Waals surface area contributed by atoms with E-state index < -0.39 is 11.9 Å². The van der Waals surface area contributed by atoms with Crippen molar-refractivity contribution in [1.29, 1.82) is 0 Å². The van der Waals surface area contributed by atoms with E-state index in [1.807, 2.05) is 30.5 Å². The maximum atomic E-state index is 12.8. The third-order valence-corrected chi connectivity index (χ3v) is 6.49. The molecule has 2 aromatic carbocycles. The van der Waals surface area contributed by atoms with Crippen molar-refractivity contribution >= 4 is 41.0 Å². The highest BCUT2D eigenvalue weighted by atomic mass is 32.2. The predicted octanol–water partition coefficient (Wildman–Crippen LogP) is 5.54. The van der Waals surface area contributed by atoms with Crippen molar-refractivity contribution < 1.29 is 14.0 Å². The van der Waals surface area contributed by atoms with Crippen LogP contribution in [0.5, 0.6) is 0 Å². The Hall–Kier alpha value is -2.64. The molecule has 1 unspecified atom stereocenters. The maximum absolute atomic E-state index is 12.8. The van der Waals surface area contributed by atoms with Crippen molar-refractivity contribution in [3.63, 3.8) is 0 Å². The fourth-order valence-electron chi connectivity index (χ4n) is 3.02. The Morgan fingerprint density at radius 3 is 2.48 bits per heavy atom. The molecule has 0 saturated carbocycles. The van der Waals surface area contributed by atoms with Crippen LogP contribution >= 0.6 is 23.5 Å². The fourth-order valence-corrected chi connectivity index (χ4v) is 4.37. The second kappa shape index (κ2) is 11.1. The molecule has 3 rings (SSSR count). The number of hydrogen-bond acceptors (Lipinski definition) is 5. The molecule has 5 nitrogen and oxygen atoms in total. The molecular weight excluding hydrogens is 428 g/mol. The van der Waals surface area contributed by atoms with E-state index in [2.05, 4.69) is 42.7 Å². The first-order valence-corrected chi connectivity index (χ1v) is 12.2.